The molecule has 0 fully saturated rings. The third kappa shape index (κ3) is 3.79. The Balaban J connectivity index is 3.10. The number of carbonyl (C=O) groups excluding carboxylic acids is 1. The van der Waals surface area contributed by atoms with Crippen molar-refractivity contribution >= 4 is 5.97 Å². The zero-order valence-electron chi connectivity index (χ0n) is 9.55. The summed E-state index contributed by atoms with van der Waals surface area (Å²) in [6.07, 6.45) is -5.30. The molecule has 0 amide bonds. The standard InChI is InChI=1S/C10H10F3NO4/c1-5-7(18-10(11,12)13)3-6(9(16)14-5)4-8(15)17-2/h3H,4H2,1-2H3,(H,14,16). The molecule has 0 aromatic carbocycles. The van der Waals surface area contributed by atoms with Crippen LogP contribution < -0.4 is 10.3 Å². The van der Waals surface area contributed by atoms with Crippen molar-refractivity contribution in [3.8, 4) is 5.75 Å². The number of aryl methyl sites for hydroxylation is 1. The van der Waals surface area contributed by atoms with Crippen LogP contribution in [0.3, 0.4) is 0 Å². The fourth-order valence-corrected chi connectivity index (χ4v) is 1.23. The van der Waals surface area contributed by atoms with Gasteiger partial charge in [-0.3, -0.25) is 9.59 Å². The Morgan fingerprint density at radius 3 is 2.56 bits per heavy atom. The predicted molar refractivity (Wildman–Crippen MR) is 54.2 cm³/mol. The zero-order valence-corrected chi connectivity index (χ0v) is 9.55. The molecule has 0 saturated heterocycles. The van der Waals surface area contributed by atoms with E-state index in [4.69, 9.17) is 0 Å². The number of esters is 1. The minimum atomic E-state index is -4.87. The first-order chi connectivity index (χ1) is 8.23. The second kappa shape index (κ2) is 5.11. The largest absolute Gasteiger partial charge is 0.573 e. The van der Waals surface area contributed by atoms with E-state index in [2.05, 4.69) is 14.5 Å². The quantitative estimate of drug-likeness (QED) is 0.836. The van der Waals surface area contributed by atoms with Gasteiger partial charge in [-0.15, -0.1) is 13.2 Å². The summed E-state index contributed by atoms with van der Waals surface area (Å²) in [6, 6.07) is 0.874. The van der Waals surface area contributed by atoms with Gasteiger partial charge >= 0.3 is 12.3 Å². The van der Waals surface area contributed by atoms with Gasteiger partial charge in [0.05, 0.1) is 19.2 Å². The van der Waals surface area contributed by atoms with E-state index in [0.29, 0.717) is 0 Å². The van der Waals surface area contributed by atoms with E-state index < -0.39 is 30.1 Å². The van der Waals surface area contributed by atoms with E-state index in [0.717, 1.165) is 13.2 Å². The number of H-pyrrole nitrogens is 1. The maximum Gasteiger partial charge on any atom is 0.573 e. The van der Waals surface area contributed by atoms with Crippen molar-refractivity contribution in [2.75, 3.05) is 7.11 Å². The molecule has 8 heteroatoms. The van der Waals surface area contributed by atoms with Crippen LogP contribution in [-0.4, -0.2) is 24.4 Å². The monoisotopic (exact) mass is 265 g/mol. The average molecular weight is 265 g/mol. The van der Waals surface area contributed by atoms with E-state index in [-0.39, 0.29) is 11.3 Å². The summed E-state index contributed by atoms with van der Waals surface area (Å²) in [4.78, 5) is 24.6. The Hall–Kier alpha value is -1.99. The first-order valence-electron chi connectivity index (χ1n) is 4.78. The number of pyridine rings is 1. The lowest BCUT2D eigenvalue weighted by molar-refractivity contribution is -0.275. The summed E-state index contributed by atoms with van der Waals surface area (Å²) in [5, 5.41) is 0. The van der Waals surface area contributed by atoms with Gasteiger partial charge in [0, 0.05) is 5.56 Å². The Labute approximate surface area is 99.5 Å². The fraction of sp³-hybridized carbons (Fsp3) is 0.400. The van der Waals surface area contributed by atoms with Gasteiger partial charge in [0.1, 0.15) is 5.75 Å². The van der Waals surface area contributed by atoms with Crippen LogP contribution in [0.25, 0.3) is 0 Å². The normalized spacial score (nSPS) is 11.2. The molecule has 0 aliphatic heterocycles. The number of alkyl halides is 3. The molecule has 0 bridgehead atoms. The van der Waals surface area contributed by atoms with Crippen LogP contribution in [0.5, 0.6) is 5.75 Å². The number of methoxy groups -OCH3 is 1. The van der Waals surface area contributed by atoms with E-state index in [1.54, 1.807) is 0 Å². The second-order valence-corrected chi connectivity index (χ2v) is 3.41. The Morgan fingerprint density at radius 2 is 2.06 bits per heavy atom. The lowest BCUT2D eigenvalue weighted by atomic mass is 10.2. The molecule has 18 heavy (non-hydrogen) atoms. The molecule has 0 radical (unpaired) electrons. The summed E-state index contributed by atoms with van der Waals surface area (Å²) < 4.78 is 44.3. The lowest BCUT2D eigenvalue weighted by Gasteiger charge is -2.12. The number of rotatable bonds is 3. The molecule has 1 aromatic rings. The highest BCUT2D eigenvalue weighted by atomic mass is 19.4. The van der Waals surface area contributed by atoms with Crippen molar-refractivity contribution in [1.82, 2.24) is 4.98 Å². The minimum Gasteiger partial charge on any atom is -0.469 e. The number of nitrogens with one attached hydrogen (secondary N) is 1. The van der Waals surface area contributed by atoms with Gasteiger partial charge in [-0.1, -0.05) is 0 Å². The van der Waals surface area contributed by atoms with Gasteiger partial charge in [0.2, 0.25) is 0 Å². The second-order valence-electron chi connectivity index (χ2n) is 3.41. The molecule has 0 unspecified atom stereocenters. The topological polar surface area (TPSA) is 68.4 Å². The Bertz CT molecular complexity index is 507. The number of halogens is 3. The molecule has 1 heterocycles. The third-order valence-corrected chi connectivity index (χ3v) is 2.06. The zero-order chi connectivity index (χ0) is 13.9. The van der Waals surface area contributed by atoms with Crippen molar-refractivity contribution in [1.29, 1.82) is 0 Å². The number of aromatic amines is 1. The van der Waals surface area contributed by atoms with Crippen molar-refractivity contribution in [2.24, 2.45) is 0 Å². The predicted octanol–water partition coefficient (Wildman–Crippen LogP) is 1.30. The highest BCUT2D eigenvalue weighted by Gasteiger charge is 2.32. The van der Waals surface area contributed by atoms with Crippen LogP contribution in [0.2, 0.25) is 0 Å². The van der Waals surface area contributed by atoms with Crippen LogP contribution >= 0.6 is 0 Å². The van der Waals surface area contributed by atoms with E-state index in [1.165, 1.54) is 6.92 Å². The average Bonchev–Trinajstić information content (AvgIpc) is 2.23. The molecular formula is C10H10F3NO4. The molecule has 0 atom stereocenters. The lowest BCUT2D eigenvalue weighted by Crippen LogP contribution is -2.22. The first kappa shape index (κ1) is 14.1. The maximum absolute atomic E-state index is 12.1. The van der Waals surface area contributed by atoms with Gasteiger partial charge in [-0.2, -0.15) is 0 Å². The van der Waals surface area contributed by atoms with Crippen molar-refractivity contribution in [3.63, 3.8) is 0 Å². The smallest absolute Gasteiger partial charge is 0.469 e. The van der Waals surface area contributed by atoms with Gasteiger partial charge < -0.3 is 14.5 Å². The summed E-state index contributed by atoms with van der Waals surface area (Å²) in [6.45, 7) is 1.25. The Morgan fingerprint density at radius 1 is 1.44 bits per heavy atom. The number of ether oxygens (including phenoxy) is 2. The number of carbonyl (C=O) groups is 1. The van der Waals surface area contributed by atoms with E-state index >= 15 is 0 Å². The molecule has 1 N–H and O–H groups in total. The highest BCUT2D eigenvalue weighted by molar-refractivity contribution is 5.72. The number of hydrogen-bond acceptors (Lipinski definition) is 4. The van der Waals surface area contributed by atoms with Gasteiger partial charge in [0.15, 0.2) is 0 Å². The molecule has 0 saturated carbocycles. The van der Waals surface area contributed by atoms with Crippen LogP contribution in [0.4, 0.5) is 13.2 Å². The summed E-state index contributed by atoms with van der Waals surface area (Å²) >= 11 is 0. The molecule has 1 rings (SSSR count). The molecule has 5 nitrogen and oxygen atoms in total. The van der Waals surface area contributed by atoms with Gasteiger partial charge in [-0.05, 0) is 13.0 Å². The number of aromatic nitrogens is 1. The molecule has 100 valence electrons. The van der Waals surface area contributed by atoms with Crippen molar-refractivity contribution in [2.45, 2.75) is 19.7 Å². The first-order valence-corrected chi connectivity index (χ1v) is 4.78. The van der Waals surface area contributed by atoms with Gasteiger partial charge in [0.25, 0.3) is 5.56 Å². The fourth-order valence-electron chi connectivity index (χ4n) is 1.23. The summed E-state index contributed by atoms with van der Waals surface area (Å²) in [5.74, 6) is -1.29. The molecule has 0 spiro atoms. The maximum atomic E-state index is 12.1. The minimum absolute atomic E-state index is 0.0778. The molecular weight excluding hydrogens is 255 g/mol. The van der Waals surface area contributed by atoms with Gasteiger partial charge in [-0.25, -0.2) is 0 Å². The Kier molecular flexibility index (Phi) is 4.00. The van der Waals surface area contributed by atoms with Crippen LogP contribution in [-0.2, 0) is 16.0 Å². The van der Waals surface area contributed by atoms with E-state index in [1.807, 2.05) is 0 Å². The molecule has 1 aromatic heterocycles. The SMILES string of the molecule is COC(=O)Cc1cc(OC(F)(F)F)c(C)[nH]c1=O. The van der Waals surface area contributed by atoms with Crippen LogP contribution in [0.1, 0.15) is 11.3 Å². The van der Waals surface area contributed by atoms with E-state index in [9.17, 15) is 22.8 Å². The van der Waals surface area contributed by atoms with Crippen molar-refractivity contribution in [3.05, 3.63) is 27.7 Å². The summed E-state index contributed by atoms with van der Waals surface area (Å²) in [5.41, 5.74) is -0.898. The summed E-state index contributed by atoms with van der Waals surface area (Å²) in [7, 11) is 1.11. The van der Waals surface area contributed by atoms with Crippen molar-refractivity contribution < 1.29 is 27.4 Å². The highest BCUT2D eigenvalue weighted by Crippen LogP contribution is 2.24. The molecule has 0 aliphatic carbocycles. The van der Waals surface area contributed by atoms with Crippen LogP contribution in [0.15, 0.2) is 10.9 Å². The molecule has 0 aliphatic rings. The number of hydrogen-bond donors (Lipinski definition) is 1. The van der Waals surface area contributed by atoms with Crippen LogP contribution in [0, 0.1) is 6.92 Å². The third-order valence-electron chi connectivity index (χ3n) is 2.06.